The smallest absolute Gasteiger partial charge is 0.265 e. The average molecular weight is 521 g/mol. The highest BCUT2D eigenvalue weighted by Gasteiger charge is 2.23. The number of rotatable bonds is 6. The number of thiophene rings is 1. The molecule has 10 heteroatoms. The lowest BCUT2D eigenvalue weighted by molar-refractivity contribution is 0.103. The van der Waals surface area contributed by atoms with Crippen LogP contribution in [0, 0.1) is 0 Å². The molecule has 170 valence electrons. The molecule has 0 fully saturated rings. The van der Waals surface area contributed by atoms with Crippen molar-refractivity contribution in [3.05, 3.63) is 81.7 Å². The summed E-state index contributed by atoms with van der Waals surface area (Å²) in [7, 11) is -0.937. The lowest BCUT2D eigenvalue weighted by Crippen LogP contribution is -2.26. The third-order valence-corrected chi connectivity index (χ3v) is 8.51. The van der Waals surface area contributed by atoms with Crippen LogP contribution in [0.15, 0.2) is 71.6 Å². The zero-order valence-corrected chi connectivity index (χ0v) is 20.6. The fraction of sp³-hybridized carbons (Fsp3) is 0.0870. The van der Waals surface area contributed by atoms with Crippen molar-refractivity contribution in [1.82, 2.24) is 0 Å². The van der Waals surface area contributed by atoms with Gasteiger partial charge in [-0.25, -0.2) is 8.42 Å². The zero-order chi connectivity index (χ0) is 23.8. The van der Waals surface area contributed by atoms with Crippen LogP contribution >= 0.6 is 34.5 Å². The Morgan fingerprint density at radius 3 is 2.45 bits per heavy atom. The minimum absolute atomic E-state index is 0.0426. The first-order valence-corrected chi connectivity index (χ1v) is 12.6. The third-order valence-electron chi connectivity index (χ3n) is 4.99. The molecule has 0 aliphatic carbocycles. The largest absolute Gasteiger partial charge is 0.495 e. The quantitative estimate of drug-likeness (QED) is 0.324. The van der Waals surface area contributed by atoms with Gasteiger partial charge in [0.2, 0.25) is 0 Å². The first-order valence-electron chi connectivity index (χ1n) is 9.62. The molecule has 0 saturated carbocycles. The number of sulfonamides is 1. The lowest BCUT2D eigenvalue weighted by atomic mass is 10.2. The van der Waals surface area contributed by atoms with Gasteiger partial charge in [0, 0.05) is 11.7 Å². The normalized spacial score (nSPS) is 11.4. The molecule has 4 aromatic rings. The maximum Gasteiger partial charge on any atom is 0.265 e. The molecule has 0 atom stereocenters. The maximum absolute atomic E-state index is 13.1. The van der Waals surface area contributed by atoms with Crippen molar-refractivity contribution in [2.75, 3.05) is 23.8 Å². The van der Waals surface area contributed by atoms with Crippen molar-refractivity contribution in [3.63, 3.8) is 0 Å². The van der Waals surface area contributed by atoms with Crippen LogP contribution in [0.3, 0.4) is 0 Å². The summed E-state index contributed by atoms with van der Waals surface area (Å²) in [6, 6.07) is 18.2. The number of fused-ring (bicyclic) bond motifs is 1. The van der Waals surface area contributed by atoms with Gasteiger partial charge in [0.1, 0.15) is 5.75 Å². The zero-order valence-electron chi connectivity index (χ0n) is 17.5. The minimum Gasteiger partial charge on any atom is -0.495 e. The van der Waals surface area contributed by atoms with Crippen molar-refractivity contribution in [2.24, 2.45) is 0 Å². The van der Waals surface area contributed by atoms with Crippen LogP contribution in [0.1, 0.15) is 9.67 Å². The highest BCUT2D eigenvalue weighted by atomic mass is 35.5. The van der Waals surface area contributed by atoms with E-state index in [1.165, 1.54) is 48.0 Å². The Morgan fingerprint density at radius 2 is 1.76 bits per heavy atom. The van der Waals surface area contributed by atoms with Crippen LogP contribution in [0.25, 0.3) is 10.1 Å². The number of anilines is 2. The maximum atomic E-state index is 13.1. The highest BCUT2D eigenvalue weighted by molar-refractivity contribution is 7.92. The summed E-state index contributed by atoms with van der Waals surface area (Å²) >= 11 is 13.5. The molecule has 0 aliphatic heterocycles. The second kappa shape index (κ2) is 9.23. The van der Waals surface area contributed by atoms with Gasteiger partial charge in [0.05, 0.1) is 38.3 Å². The van der Waals surface area contributed by atoms with E-state index in [9.17, 15) is 13.2 Å². The predicted molar refractivity (Wildman–Crippen MR) is 135 cm³/mol. The molecule has 0 spiro atoms. The fourth-order valence-electron chi connectivity index (χ4n) is 3.19. The number of nitrogens with one attached hydrogen (secondary N) is 1. The van der Waals surface area contributed by atoms with Crippen molar-refractivity contribution in [3.8, 4) is 5.75 Å². The van der Waals surface area contributed by atoms with Gasteiger partial charge in [-0.15, -0.1) is 11.3 Å². The number of ether oxygens (including phenoxy) is 1. The van der Waals surface area contributed by atoms with Crippen LogP contribution in [-0.2, 0) is 10.0 Å². The summed E-state index contributed by atoms with van der Waals surface area (Å²) in [6.07, 6.45) is 0. The molecule has 1 amide bonds. The average Bonchev–Trinajstić information content (AvgIpc) is 3.23. The van der Waals surface area contributed by atoms with Crippen molar-refractivity contribution < 1.29 is 17.9 Å². The molecule has 0 unspecified atom stereocenters. The first kappa shape index (κ1) is 23.4. The summed E-state index contributed by atoms with van der Waals surface area (Å²) in [4.78, 5) is 13.2. The van der Waals surface area contributed by atoms with E-state index in [4.69, 9.17) is 27.9 Å². The van der Waals surface area contributed by atoms with Crippen LogP contribution in [0.4, 0.5) is 11.4 Å². The van der Waals surface area contributed by atoms with Gasteiger partial charge in [-0.3, -0.25) is 9.10 Å². The Kier molecular flexibility index (Phi) is 6.54. The summed E-state index contributed by atoms with van der Waals surface area (Å²) in [5.41, 5.74) is 0.969. The van der Waals surface area contributed by atoms with Crippen molar-refractivity contribution in [1.29, 1.82) is 0 Å². The van der Waals surface area contributed by atoms with E-state index in [2.05, 4.69) is 5.32 Å². The number of nitrogens with zero attached hydrogens (tertiary/aromatic N) is 1. The number of para-hydroxylation sites is 1. The van der Waals surface area contributed by atoms with E-state index >= 15 is 0 Å². The number of amides is 1. The van der Waals surface area contributed by atoms with Gasteiger partial charge in [-0.2, -0.15) is 0 Å². The van der Waals surface area contributed by atoms with Gasteiger partial charge in [-0.1, -0.05) is 35.3 Å². The van der Waals surface area contributed by atoms with Crippen LogP contribution in [-0.4, -0.2) is 28.5 Å². The summed E-state index contributed by atoms with van der Waals surface area (Å²) in [5.74, 6) is 0.0975. The van der Waals surface area contributed by atoms with Gasteiger partial charge in [0.15, 0.2) is 0 Å². The number of methoxy groups -OCH3 is 1. The van der Waals surface area contributed by atoms with E-state index in [0.29, 0.717) is 27.0 Å². The first-order chi connectivity index (χ1) is 15.7. The number of halogens is 2. The third kappa shape index (κ3) is 4.65. The summed E-state index contributed by atoms with van der Waals surface area (Å²) in [5, 5.41) is 4.19. The molecule has 1 N–H and O–H groups in total. The summed E-state index contributed by atoms with van der Waals surface area (Å²) < 4.78 is 33.4. The number of benzene rings is 3. The van der Waals surface area contributed by atoms with Gasteiger partial charge in [0.25, 0.3) is 15.9 Å². The van der Waals surface area contributed by atoms with Gasteiger partial charge in [-0.05, 0) is 60.0 Å². The molecular weight excluding hydrogens is 503 g/mol. The summed E-state index contributed by atoms with van der Waals surface area (Å²) in [6.45, 7) is 0. The molecule has 1 heterocycles. The predicted octanol–water partition coefficient (Wildman–Crippen LogP) is 6.29. The van der Waals surface area contributed by atoms with Crippen LogP contribution < -0.4 is 14.4 Å². The molecule has 6 nitrogen and oxygen atoms in total. The minimum atomic E-state index is -3.86. The molecule has 0 saturated heterocycles. The molecule has 0 radical (unpaired) electrons. The number of carbonyl (C=O) groups is 1. The number of hydrogen-bond donors (Lipinski definition) is 1. The Hall–Kier alpha value is -2.78. The van der Waals surface area contributed by atoms with E-state index in [1.54, 1.807) is 48.5 Å². The topological polar surface area (TPSA) is 75.7 Å². The monoisotopic (exact) mass is 520 g/mol. The van der Waals surface area contributed by atoms with Gasteiger partial charge >= 0.3 is 0 Å². The van der Waals surface area contributed by atoms with Crippen molar-refractivity contribution >= 4 is 71.9 Å². The molecule has 3 aromatic carbocycles. The Labute approximate surface area is 205 Å². The van der Waals surface area contributed by atoms with Crippen LogP contribution in [0.5, 0.6) is 5.75 Å². The van der Waals surface area contributed by atoms with E-state index in [0.717, 1.165) is 10.1 Å². The fourth-order valence-corrected chi connectivity index (χ4v) is 5.85. The second-order valence-electron chi connectivity index (χ2n) is 7.04. The van der Waals surface area contributed by atoms with E-state index < -0.39 is 10.0 Å². The Balaban J connectivity index is 1.62. The van der Waals surface area contributed by atoms with Crippen LogP contribution in [0.2, 0.25) is 10.0 Å². The number of hydrogen-bond acceptors (Lipinski definition) is 5. The van der Waals surface area contributed by atoms with E-state index in [-0.39, 0.29) is 15.8 Å². The standard InChI is InChI=1S/C23H18Cl2N2O4S2/c1-27(33(29,30)16-8-9-20(31-2)18(25)13-16)15-7-10-21-14(11-15)12-22(32-21)23(28)26-19-6-4-3-5-17(19)24/h3-13H,1-2H3,(H,26,28). The molecular formula is C23H18Cl2N2O4S2. The lowest BCUT2D eigenvalue weighted by Gasteiger charge is -2.20. The SMILES string of the molecule is COc1ccc(S(=O)(=O)N(C)c2ccc3sc(C(=O)Nc4ccccc4Cl)cc3c2)cc1Cl. The number of carbonyl (C=O) groups excluding carboxylic acids is 1. The molecule has 33 heavy (non-hydrogen) atoms. The van der Waals surface area contributed by atoms with E-state index in [1.807, 2.05) is 0 Å². The highest BCUT2D eigenvalue weighted by Crippen LogP contribution is 2.33. The van der Waals surface area contributed by atoms with Crippen molar-refractivity contribution in [2.45, 2.75) is 4.90 Å². The molecule has 0 bridgehead atoms. The Bertz CT molecular complexity index is 1470. The molecule has 0 aliphatic rings. The second-order valence-corrected chi connectivity index (χ2v) is 10.9. The Morgan fingerprint density at radius 1 is 1.00 bits per heavy atom. The molecule has 4 rings (SSSR count). The molecule has 1 aromatic heterocycles. The van der Waals surface area contributed by atoms with Gasteiger partial charge < -0.3 is 10.1 Å².